The summed E-state index contributed by atoms with van der Waals surface area (Å²) in [5, 5.41) is 0. The lowest BCUT2D eigenvalue weighted by atomic mass is 10.1. The molecule has 0 nitrogen and oxygen atoms in total. The van der Waals surface area contributed by atoms with Gasteiger partial charge >= 0.3 is 0 Å². The van der Waals surface area contributed by atoms with Crippen LogP contribution in [0.25, 0.3) is 0 Å². The van der Waals surface area contributed by atoms with Gasteiger partial charge in [0.2, 0.25) is 0 Å². The second-order valence-electron chi connectivity index (χ2n) is 2.14. The molecule has 0 aliphatic heterocycles. The number of thiol groups is 1. The van der Waals surface area contributed by atoms with E-state index in [1.165, 1.54) is 0 Å². The highest BCUT2D eigenvalue weighted by Gasteiger charge is 1.92. The highest BCUT2D eigenvalue weighted by molar-refractivity contribution is 8.11. The number of hydrogen-bond donors (Lipinski definition) is 1. The van der Waals surface area contributed by atoms with E-state index in [-0.39, 0.29) is 10.6 Å². The normalized spacial score (nSPS) is 13.5. The SMILES string of the molecule is [2H]C([2H])(Cc1ccccc1)C(=S)S. The van der Waals surface area contributed by atoms with Crippen molar-refractivity contribution < 1.29 is 2.74 Å². The summed E-state index contributed by atoms with van der Waals surface area (Å²) in [6.07, 6.45) is -1.21. The zero-order chi connectivity index (χ0) is 9.90. The molecule has 0 radical (unpaired) electrons. The third-order valence-electron chi connectivity index (χ3n) is 1.29. The average molecular weight is 184 g/mol. The van der Waals surface area contributed by atoms with E-state index in [4.69, 9.17) is 15.0 Å². The first-order valence-corrected chi connectivity index (χ1v) is 4.15. The van der Waals surface area contributed by atoms with Crippen molar-refractivity contribution in [2.75, 3.05) is 0 Å². The third kappa shape index (κ3) is 3.54. The molecule has 1 aromatic carbocycles. The first-order valence-electron chi connectivity index (χ1n) is 4.30. The highest BCUT2D eigenvalue weighted by Crippen LogP contribution is 2.04. The van der Waals surface area contributed by atoms with E-state index >= 15 is 0 Å². The minimum absolute atomic E-state index is 0.108. The molecule has 0 heterocycles. The van der Waals surface area contributed by atoms with E-state index in [1.54, 1.807) is 0 Å². The maximum absolute atomic E-state index is 7.57. The Labute approximate surface area is 80.9 Å². The molecule has 0 spiro atoms. The van der Waals surface area contributed by atoms with E-state index in [0.717, 1.165) is 5.56 Å². The summed E-state index contributed by atoms with van der Waals surface area (Å²) in [5.41, 5.74) is 0.934. The van der Waals surface area contributed by atoms with Crippen molar-refractivity contribution in [2.24, 2.45) is 0 Å². The van der Waals surface area contributed by atoms with E-state index in [2.05, 4.69) is 12.6 Å². The van der Waals surface area contributed by atoms with Crippen LogP contribution in [-0.4, -0.2) is 4.20 Å². The summed E-state index contributed by atoms with van der Waals surface area (Å²) in [6.45, 7) is 0. The summed E-state index contributed by atoms with van der Waals surface area (Å²) < 4.78 is 15.2. The van der Waals surface area contributed by atoms with E-state index < -0.39 is 6.37 Å². The fourth-order valence-corrected chi connectivity index (χ4v) is 0.925. The van der Waals surface area contributed by atoms with Gasteiger partial charge in [0.25, 0.3) is 0 Å². The van der Waals surface area contributed by atoms with Crippen molar-refractivity contribution in [3.8, 4) is 0 Å². The monoisotopic (exact) mass is 184 g/mol. The van der Waals surface area contributed by atoms with Gasteiger partial charge in [0.05, 0.1) is 0 Å². The molecule has 0 saturated carbocycles. The maximum atomic E-state index is 7.57. The lowest BCUT2D eigenvalue weighted by Gasteiger charge is -1.97. The molecule has 0 bridgehead atoms. The van der Waals surface area contributed by atoms with Gasteiger partial charge in [0.15, 0.2) is 0 Å². The number of thiocarbonyl (C=S) groups is 1. The zero-order valence-electron chi connectivity index (χ0n) is 7.95. The summed E-state index contributed by atoms with van der Waals surface area (Å²) >= 11 is 8.59. The van der Waals surface area contributed by atoms with E-state index in [9.17, 15) is 0 Å². The second kappa shape index (κ2) is 4.52. The molecule has 1 rings (SSSR count). The van der Waals surface area contributed by atoms with Crippen molar-refractivity contribution in [2.45, 2.75) is 12.8 Å². The smallest absolute Gasteiger partial charge is 0.0451 e. The van der Waals surface area contributed by atoms with Crippen LogP contribution in [0.3, 0.4) is 0 Å². The van der Waals surface area contributed by atoms with Crippen LogP contribution >= 0.6 is 24.8 Å². The lowest BCUT2D eigenvalue weighted by Crippen LogP contribution is -1.88. The van der Waals surface area contributed by atoms with Crippen LogP contribution in [0, 0.1) is 0 Å². The number of benzene rings is 1. The molecule has 0 aliphatic rings. The van der Waals surface area contributed by atoms with Crippen LogP contribution in [0.5, 0.6) is 0 Å². The van der Waals surface area contributed by atoms with Crippen LogP contribution < -0.4 is 0 Å². The van der Waals surface area contributed by atoms with Crippen molar-refractivity contribution in [1.82, 2.24) is 0 Å². The Morgan fingerprint density at radius 2 is 2.09 bits per heavy atom. The molecule has 0 aliphatic carbocycles. The molecule has 1 aromatic rings. The van der Waals surface area contributed by atoms with Crippen LogP contribution in [0.15, 0.2) is 30.3 Å². The van der Waals surface area contributed by atoms with Gasteiger partial charge in [-0.3, -0.25) is 0 Å². The summed E-state index contributed by atoms with van der Waals surface area (Å²) in [4.78, 5) is 0. The molecule has 0 saturated heterocycles. The van der Waals surface area contributed by atoms with Crippen molar-refractivity contribution in [3.05, 3.63) is 35.9 Å². The first kappa shape index (κ1) is 6.21. The standard InChI is InChI=1S/C9H10S2/c10-9(11)7-6-8-4-2-1-3-5-8/h1-5H,6-7H2,(H,10,11)/i7D2. The largest absolute Gasteiger partial charge is 0.136 e. The fourth-order valence-electron chi connectivity index (χ4n) is 0.774. The predicted octanol–water partition coefficient (Wildman–Crippen LogP) is 2.88. The van der Waals surface area contributed by atoms with Crippen molar-refractivity contribution >= 4 is 29.0 Å². The lowest BCUT2D eigenvalue weighted by molar-refractivity contribution is 1.06. The molecule has 11 heavy (non-hydrogen) atoms. The highest BCUT2D eigenvalue weighted by atomic mass is 32.1. The number of hydrogen-bond acceptors (Lipinski definition) is 1. The quantitative estimate of drug-likeness (QED) is 0.557. The maximum Gasteiger partial charge on any atom is 0.0451 e. The van der Waals surface area contributed by atoms with Crippen LogP contribution in [0.1, 0.15) is 14.7 Å². The average Bonchev–Trinajstić information content (AvgIpc) is 2.05. The second-order valence-corrected chi connectivity index (χ2v) is 3.30. The minimum Gasteiger partial charge on any atom is -0.136 e. The Morgan fingerprint density at radius 1 is 1.45 bits per heavy atom. The summed E-state index contributed by atoms with van der Waals surface area (Å²) in [6, 6.07) is 9.42. The van der Waals surface area contributed by atoms with Crippen LogP contribution in [-0.2, 0) is 6.42 Å². The van der Waals surface area contributed by atoms with Gasteiger partial charge in [-0.05, 0) is 18.4 Å². The fraction of sp³-hybridized carbons (Fsp3) is 0.222. The van der Waals surface area contributed by atoms with Gasteiger partial charge in [-0.15, -0.1) is 12.6 Å². The third-order valence-corrected chi connectivity index (χ3v) is 1.59. The first-order chi connectivity index (χ1) is 6.02. The van der Waals surface area contributed by atoms with Gasteiger partial charge in [-0.25, -0.2) is 0 Å². The van der Waals surface area contributed by atoms with E-state index in [0.29, 0.717) is 0 Å². The molecule has 0 atom stereocenters. The van der Waals surface area contributed by atoms with Gasteiger partial charge in [0.1, 0.15) is 0 Å². The Hall–Kier alpha value is -0.340. The van der Waals surface area contributed by atoms with Gasteiger partial charge in [-0.1, -0.05) is 42.5 Å². The molecule has 0 amide bonds. The summed E-state index contributed by atoms with van der Waals surface area (Å²) in [5.74, 6) is 0. The molecule has 0 unspecified atom stereocenters. The minimum atomic E-state index is -1.50. The topological polar surface area (TPSA) is 0 Å². The molecule has 0 fully saturated rings. The molecule has 0 N–H and O–H groups in total. The zero-order valence-corrected chi connectivity index (χ0v) is 7.66. The van der Waals surface area contributed by atoms with Crippen molar-refractivity contribution in [3.63, 3.8) is 0 Å². The van der Waals surface area contributed by atoms with Gasteiger partial charge < -0.3 is 0 Å². The van der Waals surface area contributed by atoms with Crippen LogP contribution in [0.4, 0.5) is 0 Å². The van der Waals surface area contributed by atoms with Gasteiger partial charge in [-0.2, -0.15) is 0 Å². The van der Waals surface area contributed by atoms with Crippen molar-refractivity contribution in [1.29, 1.82) is 0 Å². The Kier molecular flexibility index (Phi) is 2.55. The number of aryl methyl sites for hydroxylation is 1. The van der Waals surface area contributed by atoms with Crippen LogP contribution in [0.2, 0.25) is 0 Å². The Morgan fingerprint density at radius 3 is 2.64 bits per heavy atom. The summed E-state index contributed by atoms with van der Waals surface area (Å²) in [7, 11) is 0. The Bertz CT molecular complexity index is 296. The molecular formula is C9H10S2. The molecular weight excluding hydrogens is 172 g/mol. The van der Waals surface area contributed by atoms with Gasteiger partial charge in [0, 0.05) is 6.94 Å². The molecule has 0 aromatic heterocycles. The Balaban J connectivity index is 2.75. The van der Waals surface area contributed by atoms with E-state index in [1.807, 2.05) is 30.3 Å². The predicted molar refractivity (Wildman–Crippen MR) is 56.3 cm³/mol. The molecule has 2 heteroatoms. The molecule has 58 valence electrons. The number of rotatable bonds is 3.